The lowest BCUT2D eigenvalue weighted by Gasteiger charge is -2.32. The number of hydrogen-bond acceptors (Lipinski definition) is 7. The standard InChI is InChI=1S/C15H18N6O3S/c1-19-5-7-20(8-6-19)14(22)11-3-4-12(13(9-11)21(23)24)18-15(25-2)17-10-16/h3-4,9H,5-8H2,1-2H3,(H,17,18). The summed E-state index contributed by atoms with van der Waals surface area (Å²) in [6.45, 7) is 2.72. The topological polar surface area (TPSA) is 115 Å². The summed E-state index contributed by atoms with van der Waals surface area (Å²) in [5.41, 5.74) is 0.0763. The van der Waals surface area contributed by atoms with Crippen LogP contribution in [0.5, 0.6) is 0 Å². The number of nitrogens with zero attached hydrogens (tertiary/aromatic N) is 5. The van der Waals surface area contributed by atoms with Crippen molar-refractivity contribution >= 4 is 34.2 Å². The number of likely N-dealkylation sites (N-methyl/N-ethyl adjacent to an activating group) is 1. The highest BCUT2D eigenvalue weighted by Crippen LogP contribution is 2.29. The molecule has 1 amide bonds. The van der Waals surface area contributed by atoms with E-state index in [1.165, 1.54) is 18.2 Å². The Balaban J connectivity index is 2.31. The maximum absolute atomic E-state index is 12.6. The lowest BCUT2D eigenvalue weighted by Crippen LogP contribution is -2.47. The number of thioether (sulfide) groups is 1. The van der Waals surface area contributed by atoms with Crippen molar-refractivity contribution in [3.63, 3.8) is 0 Å². The van der Waals surface area contributed by atoms with E-state index in [0.29, 0.717) is 13.1 Å². The highest BCUT2D eigenvalue weighted by Gasteiger charge is 2.23. The molecule has 0 aliphatic carbocycles. The smallest absolute Gasteiger partial charge is 0.295 e. The van der Waals surface area contributed by atoms with Crippen molar-refractivity contribution in [2.24, 2.45) is 4.99 Å². The fraction of sp³-hybridized carbons (Fsp3) is 0.400. The van der Waals surface area contributed by atoms with Crippen molar-refractivity contribution < 1.29 is 9.72 Å². The van der Waals surface area contributed by atoms with Crippen LogP contribution < -0.4 is 5.32 Å². The van der Waals surface area contributed by atoms with Gasteiger partial charge in [-0.15, -0.1) is 0 Å². The molecule has 1 aromatic rings. The molecule has 0 spiro atoms. The van der Waals surface area contributed by atoms with E-state index in [4.69, 9.17) is 5.26 Å². The van der Waals surface area contributed by atoms with Crippen LogP contribution in [0.2, 0.25) is 0 Å². The van der Waals surface area contributed by atoms with E-state index >= 15 is 0 Å². The Morgan fingerprint density at radius 3 is 2.64 bits per heavy atom. The van der Waals surface area contributed by atoms with Gasteiger partial charge in [-0.05, 0) is 25.4 Å². The average molecular weight is 362 g/mol. The Hall–Kier alpha value is -2.64. The van der Waals surface area contributed by atoms with Gasteiger partial charge in [0.15, 0.2) is 11.4 Å². The second-order valence-electron chi connectivity index (χ2n) is 5.41. The minimum atomic E-state index is -0.579. The van der Waals surface area contributed by atoms with E-state index in [1.807, 2.05) is 7.05 Å². The third-order valence-electron chi connectivity index (χ3n) is 3.79. The summed E-state index contributed by atoms with van der Waals surface area (Å²) in [6, 6.07) is 4.19. The number of hydrogen-bond donors (Lipinski definition) is 1. The molecule has 1 heterocycles. The van der Waals surface area contributed by atoms with Gasteiger partial charge in [0.2, 0.25) is 0 Å². The highest BCUT2D eigenvalue weighted by atomic mass is 32.2. The molecule has 0 aromatic heterocycles. The number of amides is 1. The van der Waals surface area contributed by atoms with Gasteiger partial charge < -0.3 is 9.80 Å². The summed E-state index contributed by atoms with van der Waals surface area (Å²) in [5.74, 6) is -0.230. The predicted octanol–water partition coefficient (Wildman–Crippen LogP) is 1.40. The molecule has 9 nitrogen and oxygen atoms in total. The molecule has 0 radical (unpaired) electrons. The average Bonchev–Trinajstić information content (AvgIpc) is 2.61. The predicted molar refractivity (Wildman–Crippen MR) is 95.9 cm³/mol. The van der Waals surface area contributed by atoms with Gasteiger partial charge in [0, 0.05) is 37.8 Å². The summed E-state index contributed by atoms with van der Waals surface area (Å²) < 4.78 is 0. The quantitative estimate of drug-likeness (QED) is 0.216. The van der Waals surface area contributed by atoms with Gasteiger partial charge >= 0.3 is 0 Å². The number of nitro benzene ring substituents is 1. The van der Waals surface area contributed by atoms with Crippen LogP contribution in [0.3, 0.4) is 0 Å². The lowest BCUT2D eigenvalue weighted by molar-refractivity contribution is -0.384. The van der Waals surface area contributed by atoms with Crippen molar-refractivity contribution in [3.05, 3.63) is 33.9 Å². The molecule has 0 atom stereocenters. The Bertz CT molecular complexity index is 737. The Labute approximate surface area is 149 Å². The monoisotopic (exact) mass is 362 g/mol. The maximum Gasteiger partial charge on any atom is 0.295 e. The Morgan fingerprint density at radius 1 is 1.40 bits per heavy atom. The van der Waals surface area contributed by atoms with Crippen LogP contribution in [0.1, 0.15) is 10.4 Å². The summed E-state index contributed by atoms with van der Waals surface area (Å²) in [5, 5.41) is 22.6. The van der Waals surface area contributed by atoms with Crippen LogP contribution in [0.25, 0.3) is 0 Å². The van der Waals surface area contributed by atoms with Gasteiger partial charge in [-0.2, -0.15) is 5.26 Å². The first-order valence-corrected chi connectivity index (χ1v) is 8.72. The summed E-state index contributed by atoms with van der Waals surface area (Å²) in [6.07, 6.45) is 3.42. The Morgan fingerprint density at radius 2 is 2.08 bits per heavy atom. The first-order chi connectivity index (χ1) is 12.0. The minimum Gasteiger partial charge on any atom is -0.336 e. The lowest BCUT2D eigenvalue weighted by atomic mass is 10.1. The number of benzene rings is 1. The normalized spacial score (nSPS) is 15.6. The molecule has 10 heteroatoms. The third kappa shape index (κ3) is 4.68. The van der Waals surface area contributed by atoms with Gasteiger partial charge in [-0.3, -0.25) is 20.2 Å². The van der Waals surface area contributed by atoms with E-state index in [1.54, 1.807) is 17.3 Å². The number of nitro groups is 1. The SMILES string of the molecule is CSC(=Nc1ccc(C(=O)N2CCN(C)CC2)cc1[N+](=O)[O-])NC#N. The van der Waals surface area contributed by atoms with Gasteiger partial charge in [0.05, 0.1) is 4.92 Å². The molecule has 1 fully saturated rings. The second-order valence-corrected chi connectivity index (χ2v) is 6.21. The van der Waals surface area contributed by atoms with Crippen LogP contribution in [-0.2, 0) is 0 Å². The van der Waals surface area contributed by atoms with Crippen molar-refractivity contribution in [1.29, 1.82) is 5.26 Å². The summed E-state index contributed by atoms with van der Waals surface area (Å²) in [4.78, 5) is 31.2. The van der Waals surface area contributed by atoms with E-state index in [9.17, 15) is 14.9 Å². The molecule has 1 N–H and O–H groups in total. The van der Waals surface area contributed by atoms with E-state index in [-0.39, 0.29) is 28.0 Å². The van der Waals surface area contributed by atoms with Gasteiger partial charge in [0.1, 0.15) is 5.69 Å². The first-order valence-electron chi connectivity index (χ1n) is 7.50. The molecule has 1 saturated heterocycles. The second kappa shape index (κ2) is 8.46. The number of piperazine rings is 1. The molecule has 2 rings (SSSR count). The number of nitriles is 1. The molecule has 132 valence electrons. The number of rotatable bonds is 3. The molecule has 1 aliphatic heterocycles. The van der Waals surface area contributed by atoms with Gasteiger partial charge in [0.25, 0.3) is 11.6 Å². The highest BCUT2D eigenvalue weighted by molar-refractivity contribution is 8.13. The third-order valence-corrected chi connectivity index (χ3v) is 4.37. The van der Waals surface area contributed by atoms with Crippen molar-refractivity contribution in [2.75, 3.05) is 39.5 Å². The molecule has 1 aromatic carbocycles. The number of amidine groups is 1. The zero-order chi connectivity index (χ0) is 18.4. The minimum absolute atomic E-state index is 0.0898. The first kappa shape index (κ1) is 18.7. The number of carbonyl (C=O) groups is 1. The summed E-state index contributed by atoms with van der Waals surface area (Å²) in [7, 11) is 1.98. The van der Waals surface area contributed by atoms with Crippen LogP contribution in [0, 0.1) is 21.6 Å². The largest absolute Gasteiger partial charge is 0.336 e. The fourth-order valence-electron chi connectivity index (χ4n) is 2.37. The van der Waals surface area contributed by atoms with Gasteiger partial charge in [-0.1, -0.05) is 11.8 Å². The zero-order valence-corrected chi connectivity index (χ0v) is 14.7. The van der Waals surface area contributed by atoms with Crippen molar-refractivity contribution in [1.82, 2.24) is 15.1 Å². The van der Waals surface area contributed by atoms with Gasteiger partial charge in [-0.25, -0.2) is 4.99 Å². The maximum atomic E-state index is 12.6. The Kier molecular flexibility index (Phi) is 6.32. The molecule has 25 heavy (non-hydrogen) atoms. The van der Waals surface area contributed by atoms with Crippen LogP contribution in [0.4, 0.5) is 11.4 Å². The zero-order valence-electron chi connectivity index (χ0n) is 13.9. The molecule has 0 unspecified atom stereocenters. The molecular weight excluding hydrogens is 344 g/mol. The number of carbonyl (C=O) groups excluding carboxylic acids is 1. The fourth-order valence-corrected chi connectivity index (χ4v) is 2.71. The van der Waals surface area contributed by atoms with Crippen LogP contribution >= 0.6 is 11.8 Å². The van der Waals surface area contributed by atoms with Crippen molar-refractivity contribution in [3.8, 4) is 6.19 Å². The molecule has 0 bridgehead atoms. The number of nitrogens with one attached hydrogen (secondary N) is 1. The molecule has 1 aliphatic rings. The van der Waals surface area contributed by atoms with Crippen LogP contribution in [-0.4, -0.2) is 65.3 Å². The molecule has 0 saturated carbocycles. The molecular formula is C15H18N6O3S. The van der Waals surface area contributed by atoms with Crippen molar-refractivity contribution in [2.45, 2.75) is 0 Å². The number of aliphatic imine (C=N–C) groups is 1. The summed E-state index contributed by atoms with van der Waals surface area (Å²) >= 11 is 1.16. The van der Waals surface area contributed by atoms with E-state index < -0.39 is 4.92 Å². The van der Waals surface area contributed by atoms with Crippen LogP contribution in [0.15, 0.2) is 23.2 Å². The van der Waals surface area contributed by atoms with E-state index in [2.05, 4.69) is 15.2 Å². The van der Waals surface area contributed by atoms with E-state index in [0.717, 1.165) is 24.9 Å².